The number of nitrogens with zero attached hydrogens (tertiary/aromatic N) is 1. The number of hydrogen-bond acceptors (Lipinski definition) is 38. The molecule has 21 aliphatic rings. The number of carboxylic acids is 1. The minimum atomic E-state index is -2.27. The fraction of sp³-hybridized carbons (Fsp3) is 0.902. The second-order valence-corrected chi connectivity index (χ2v) is 23.2. The van der Waals surface area contributed by atoms with Gasteiger partial charge in [-0.2, -0.15) is 0 Å². The third-order valence-corrected chi connectivity index (χ3v) is 17.1. The molecular weight excluding hydrogens is 1260 g/mol. The van der Waals surface area contributed by atoms with E-state index in [-0.39, 0.29) is 13.0 Å². The highest BCUT2D eigenvalue weighted by Crippen LogP contribution is 2.39. The summed E-state index contributed by atoms with van der Waals surface area (Å²) in [5, 5.41) is 239. The molecule has 0 aliphatic carbocycles. The maximum absolute atomic E-state index is 13.0. The molecule has 22 rings (SSSR count). The SMILES string of the molecule is O=C(CCNC[C@H]1O[C@@H]2O[C@H]3[C@H](O)[C@H](O)[C@@H](O[C@H]4[C@H](O)[C@H](O)[C@@H](O[C@H]5[C@H](O)[C@@H](O)[C@@H](O[C@H]6[C@H](O)[C@@H](O)[C@@H](O[C@H]7[C@H](O)[C@@H](O)[C@@H](O[C@H]8[C@H](O)[C@@H](O)[C@@H](O[C@H]1[C@H](O)[C@H]2O)O[C@@H]8CO)O[C@@H]7CO)O[C@@H]6CO)O[C@@H]5CO)O[C@@H]4CO)O[C@@H]3CO)N[C@@H](Cc1cnc[nH]1)C(=O)O. The van der Waals surface area contributed by atoms with Crippen LogP contribution < -0.4 is 10.6 Å². The Hall–Kier alpha value is -3.25. The number of H-pyrrole nitrogens is 1. The topological polar surface area (TPSA) is 641 Å². The fourth-order valence-corrected chi connectivity index (χ4v) is 12.0. The second kappa shape index (κ2) is 32.0. The molecule has 528 valence electrons. The molecule has 0 unspecified atom stereocenters. The number of carboxylic acid groups (broad SMARTS) is 1. The van der Waals surface area contributed by atoms with Gasteiger partial charge in [-0.05, 0) is 0 Å². The third kappa shape index (κ3) is 15.5. The number of carbonyl (C=O) groups is 2. The predicted octanol–water partition coefficient (Wildman–Crippen LogP) is -15.7. The van der Waals surface area contributed by atoms with Crippen LogP contribution in [0, 0.1) is 0 Å². The summed E-state index contributed by atoms with van der Waals surface area (Å²) in [6.45, 7) is -7.27. The first kappa shape index (κ1) is 73.0. The number of rotatable bonds is 15. The van der Waals surface area contributed by atoms with Crippen LogP contribution in [0.1, 0.15) is 12.1 Å². The van der Waals surface area contributed by atoms with E-state index in [1.165, 1.54) is 12.5 Å². The molecule has 0 radical (unpaired) electrons. The molecule has 36 atom stereocenters. The Bertz CT molecular complexity index is 2440. The van der Waals surface area contributed by atoms with E-state index in [9.17, 15) is 117 Å². The van der Waals surface area contributed by atoms with E-state index in [1.807, 2.05) is 0 Å². The highest BCUT2D eigenvalue weighted by atomic mass is 16.8. The lowest BCUT2D eigenvalue weighted by Gasteiger charge is -2.50. The van der Waals surface area contributed by atoms with Crippen molar-refractivity contribution in [3.05, 3.63) is 18.2 Å². The number of carbonyl (C=O) groups excluding carboxylic acids is 1. The molecule has 92 heavy (non-hydrogen) atoms. The van der Waals surface area contributed by atoms with E-state index in [0.717, 1.165) is 0 Å². The molecule has 1 aromatic heterocycles. The minimum Gasteiger partial charge on any atom is -0.480 e. The van der Waals surface area contributed by atoms with Gasteiger partial charge in [-0.1, -0.05) is 0 Å². The van der Waals surface area contributed by atoms with Gasteiger partial charge in [-0.25, -0.2) is 9.78 Å². The van der Waals surface area contributed by atoms with Crippen LogP contribution in [0.3, 0.4) is 0 Å². The summed E-state index contributed by atoms with van der Waals surface area (Å²) in [5.41, 5.74) is 0.390. The van der Waals surface area contributed by atoms with Crippen LogP contribution in [-0.2, 0) is 82.3 Å². The number of imidazole rings is 1. The van der Waals surface area contributed by atoms with Gasteiger partial charge in [0, 0.05) is 37.8 Å². The van der Waals surface area contributed by atoms with E-state index < -0.39 is 285 Å². The highest BCUT2D eigenvalue weighted by Gasteiger charge is 2.59. The van der Waals surface area contributed by atoms with Crippen molar-refractivity contribution in [3.63, 3.8) is 0 Å². The van der Waals surface area contributed by atoms with Crippen molar-refractivity contribution in [1.29, 1.82) is 0 Å². The minimum absolute atomic E-state index is 0.170. The van der Waals surface area contributed by atoms with Crippen molar-refractivity contribution in [3.8, 4) is 0 Å². The van der Waals surface area contributed by atoms with Gasteiger partial charge in [-0.3, -0.25) is 4.79 Å². The molecule has 41 nitrogen and oxygen atoms in total. The number of aromatic nitrogens is 2. The predicted molar refractivity (Wildman–Crippen MR) is 281 cm³/mol. The molecule has 0 saturated carbocycles. The van der Waals surface area contributed by atoms with Crippen LogP contribution >= 0.6 is 0 Å². The number of ether oxygens (including phenoxy) is 14. The summed E-state index contributed by atoms with van der Waals surface area (Å²) in [5.74, 6) is -2.14. The van der Waals surface area contributed by atoms with Gasteiger partial charge in [0.05, 0.1) is 46.0 Å². The lowest BCUT2D eigenvalue weighted by molar-refractivity contribution is -0.396. The van der Waals surface area contributed by atoms with E-state index in [4.69, 9.17) is 66.3 Å². The summed E-state index contributed by atoms with van der Waals surface area (Å²) in [6, 6.07) is -1.40. The van der Waals surface area contributed by atoms with Gasteiger partial charge >= 0.3 is 5.97 Å². The van der Waals surface area contributed by atoms with E-state index in [0.29, 0.717) is 5.69 Å². The average molecular weight is 1340 g/mol. The molecule has 21 aliphatic heterocycles. The van der Waals surface area contributed by atoms with E-state index in [1.54, 1.807) is 0 Å². The Balaban J connectivity index is 0.990. The van der Waals surface area contributed by atoms with Crippen LogP contribution in [0.4, 0.5) is 0 Å². The highest BCUT2D eigenvalue weighted by molar-refractivity contribution is 5.83. The normalized spacial score (nSPS) is 48.5. The Morgan fingerprint density at radius 1 is 0.391 bits per heavy atom. The van der Waals surface area contributed by atoms with Gasteiger partial charge in [0.25, 0.3) is 0 Å². The first-order valence-electron chi connectivity index (χ1n) is 29.4. The first-order chi connectivity index (χ1) is 43.9. The molecule has 21 saturated heterocycles. The number of hydrogen-bond donors (Lipinski definition) is 24. The molecule has 24 N–H and O–H groups in total. The van der Waals surface area contributed by atoms with Gasteiger partial charge in [0.2, 0.25) is 5.91 Å². The maximum atomic E-state index is 13.0. The first-order valence-corrected chi connectivity index (χ1v) is 29.4. The molecule has 22 heterocycles. The number of aliphatic carboxylic acids is 1. The molecule has 0 spiro atoms. The Labute approximate surface area is 519 Å². The lowest BCUT2D eigenvalue weighted by Crippen LogP contribution is -2.68. The average Bonchev–Trinajstić information content (AvgIpc) is 0.836. The van der Waals surface area contributed by atoms with Crippen molar-refractivity contribution < 1.29 is 183 Å². The Morgan fingerprint density at radius 3 is 0.870 bits per heavy atom. The second-order valence-electron chi connectivity index (χ2n) is 23.2. The standard InChI is InChI=1S/C51H82N4O37/c56-6-16-38-25(65)32(72)47(81-16)89-40-18(8-58)83-49(34(74)27(40)67)91-42-20(10-60)85-51(36(76)29(42)69)92-43-21(11-61)84-50(35(75)28(43)68)90-41-19(9-59)82-48(33(73)26(41)66)88-39-17(7-57)80-46(31(71)24(39)64)86-37-15(79-45(87-38)30(70)23(37)63)5-52-2-1-22(62)55-14(44(77)78)3-13-4-53-12-54-13/h4,12,14-21,23-43,45-52,56-61,63-76H,1-3,5-11H2,(H,53,54)(H,55,62)(H,77,78)/t14-,15+,16+,17+,18+,19+,20+,21+,23+,24+,25+,26+,27+,28+,29+,30+,31+,32-,33+,34-,35+,36+,37+,38+,39+,40+,41+,42+,43+,45+,46+,47+,48+,49+,50+,51+/m0/s1. The Morgan fingerprint density at radius 2 is 0.641 bits per heavy atom. The largest absolute Gasteiger partial charge is 0.480 e. The van der Waals surface area contributed by atoms with Crippen molar-refractivity contribution in [2.45, 2.75) is 234 Å². The van der Waals surface area contributed by atoms with Gasteiger partial charge in [0.15, 0.2) is 44.0 Å². The van der Waals surface area contributed by atoms with Crippen LogP contribution in [-0.4, -0.2) is 403 Å². The molecule has 1 aromatic rings. The lowest BCUT2D eigenvalue weighted by atomic mass is 9.95. The van der Waals surface area contributed by atoms with Gasteiger partial charge in [-0.15, -0.1) is 0 Å². The van der Waals surface area contributed by atoms with Crippen molar-refractivity contribution in [2.24, 2.45) is 0 Å². The quantitative estimate of drug-likeness (QED) is 0.0725. The fourth-order valence-electron chi connectivity index (χ4n) is 12.0. The summed E-state index contributed by atoms with van der Waals surface area (Å²) in [4.78, 5) is 31.6. The van der Waals surface area contributed by atoms with Crippen LogP contribution in [0.25, 0.3) is 0 Å². The third-order valence-electron chi connectivity index (χ3n) is 17.1. The Kier molecular flexibility index (Phi) is 25.4. The zero-order chi connectivity index (χ0) is 66.7. The van der Waals surface area contributed by atoms with E-state index >= 15 is 0 Å². The van der Waals surface area contributed by atoms with Crippen LogP contribution in [0.5, 0.6) is 0 Å². The van der Waals surface area contributed by atoms with Crippen molar-refractivity contribution in [1.82, 2.24) is 20.6 Å². The number of aliphatic hydroxyl groups excluding tert-OH is 20. The maximum Gasteiger partial charge on any atom is 0.326 e. The van der Waals surface area contributed by atoms with Gasteiger partial charge in [0.1, 0.15) is 177 Å². The number of aliphatic hydroxyl groups is 20. The monoisotopic (exact) mass is 1340 g/mol. The number of amides is 1. The van der Waals surface area contributed by atoms with Crippen LogP contribution in [0.15, 0.2) is 12.5 Å². The smallest absolute Gasteiger partial charge is 0.326 e. The van der Waals surface area contributed by atoms with Crippen molar-refractivity contribution >= 4 is 11.9 Å². The molecule has 14 bridgehead atoms. The molecule has 41 heteroatoms. The zero-order valence-electron chi connectivity index (χ0n) is 48.4. The molecular formula is C51H82N4O37. The molecule has 1 amide bonds. The number of nitrogens with one attached hydrogen (secondary N) is 3. The summed E-state index contributed by atoms with van der Waals surface area (Å²) in [7, 11) is 0. The van der Waals surface area contributed by atoms with Crippen LogP contribution in [0.2, 0.25) is 0 Å². The van der Waals surface area contributed by atoms with Crippen molar-refractivity contribution in [2.75, 3.05) is 52.7 Å². The molecule has 21 fully saturated rings. The van der Waals surface area contributed by atoms with E-state index in [2.05, 4.69) is 20.6 Å². The van der Waals surface area contributed by atoms with Gasteiger partial charge < -0.3 is 189 Å². The number of aromatic amines is 1. The summed E-state index contributed by atoms with van der Waals surface area (Å²) in [6.07, 6.45) is -69.6. The zero-order valence-corrected chi connectivity index (χ0v) is 48.4. The summed E-state index contributed by atoms with van der Waals surface area (Å²) < 4.78 is 81.1. The summed E-state index contributed by atoms with van der Waals surface area (Å²) >= 11 is 0. The molecule has 0 aromatic carbocycles.